The van der Waals surface area contributed by atoms with E-state index in [1.807, 2.05) is 35.7 Å². The van der Waals surface area contributed by atoms with Crippen molar-refractivity contribution < 1.29 is 0 Å². The van der Waals surface area contributed by atoms with Crippen molar-refractivity contribution in [2.75, 3.05) is 13.6 Å². The zero-order valence-electron chi connectivity index (χ0n) is 10.8. The van der Waals surface area contributed by atoms with Crippen molar-refractivity contribution in [1.82, 2.24) is 9.88 Å². The van der Waals surface area contributed by atoms with Crippen LogP contribution in [0.15, 0.2) is 36.5 Å². The van der Waals surface area contributed by atoms with E-state index in [0.29, 0.717) is 6.54 Å². The fourth-order valence-corrected chi connectivity index (χ4v) is 3.06. The third kappa shape index (κ3) is 3.16. The van der Waals surface area contributed by atoms with Crippen LogP contribution in [0.1, 0.15) is 21.5 Å². The van der Waals surface area contributed by atoms with E-state index >= 15 is 0 Å². The van der Waals surface area contributed by atoms with Crippen molar-refractivity contribution in [1.29, 1.82) is 0 Å². The maximum absolute atomic E-state index is 5.91. The number of rotatable bonds is 5. The summed E-state index contributed by atoms with van der Waals surface area (Å²) < 4.78 is 0. The highest BCUT2D eigenvalue weighted by Gasteiger charge is 2.17. The smallest absolute Gasteiger partial charge is 0.0565 e. The summed E-state index contributed by atoms with van der Waals surface area (Å²) in [5, 5.41) is 0. The minimum Gasteiger partial charge on any atom is -0.329 e. The van der Waals surface area contributed by atoms with Gasteiger partial charge < -0.3 is 5.73 Å². The SMILES string of the molecule is Cc1ccc(C(CN)N(C)Cc2ccccn2)s1. The Balaban J connectivity index is 2.08. The molecule has 96 valence electrons. The second-order valence-electron chi connectivity index (χ2n) is 4.44. The van der Waals surface area contributed by atoms with Crippen LogP contribution in [-0.2, 0) is 6.54 Å². The van der Waals surface area contributed by atoms with E-state index in [-0.39, 0.29) is 6.04 Å². The molecule has 2 aromatic rings. The van der Waals surface area contributed by atoms with E-state index in [2.05, 4.69) is 36.0 Å². The molecule has 18 heavy (non-hydrogen) atoms. The second kappa shape index (κ2) is 6.09. The van der Waals surface area contributed by atoms with Crippen molar-refractivity contribution in [2.24, 2.45) is 5.73 Å². The van der Waals surface area contributed by atoms with Crippen LogP contribution in [0.4, 0.5) is 0 Å². The molecule has 2 heterocycles. The Hall–Kier alpha value is -1.23. The number of hydrogen-bond acceptors (Lipinski definition) is 4. The van der Waals surface area contributed by atoms with Crippen LogP contribution >= 0.6 is 11.3 Å². The molecule has 0 aromatic carbocycles. The van der Waals surface area contributed by atoms with Gasteiger partial charge in [-0.25, -0.2) is 0 Å². The quantitative estimate of drug-likeness (QED) is 0.899. The summed E-state index contributed by atoms with van der Waals surface area (Å²) in [7, 11) is 2.10. The molecule has 0 fully saturated rings. The van der Waals surface area contributed by atoms with Crippen LogP contribution < -0.4 is 5.73 Å². The van der Waals surface area contributed by atoms with Crippen molar-refractivity contribution in [2.45, 2.75) is 19.5 Å². The van der Waals surface area contributed by atoms with Gasteiger partial charge in [-0.2, -0.15) is 0 Å². The number of nitrogens with zero attached hydrogens (tertiary/aromatic N) is 2. The molecule has 1 atom stereocenters. The number of hydrogen-bond donors (Lipinski definition) is 1. The molecule has 2 aromatic heterocycles. The molecule has 0 spiro atoms. The van der Waals surface area contributed by atoms with Gasteiger partial charge in [-0.3, -0.25) is 9.88 Å². The summed E-state index contributed by atoms with van der Waals surface area (Å²) in [5.41, 5.74) is 6.99. The molecule has 4 heteroatoms. The van der Waals surface area contributed by atoms with Gasteiger partial charge in [0.1, 0.15) is 0 Å². The fraction of sp³-hybridized carbons (Fsp3) is 0.357. The molecule has 0 bridgehead atoms. The number of nitrogens with two attached hydrogens (primary N) is 1. The van der Waals surface area contributed by atoms with Crippen LogP contribution in [0.3, 0.4) is 0 Å². The number of likely N-dealkylation sites (N-methyl/N-ethyl adjacent to an activating group) is 1. The summed E-state index contributed by atoms with van der Waals surface area (Å²) in [5.74, 6) is 0. The van der Waals surface area contributed by atoms with Gasteiger partial charge in [0.05, 0.1) is 11.7 Å². The first-order valence-corrected chi connectivity index (χ1v) is 6.89. The van der Waals surface area contributed by atoms with Crippen molar-refractivity contribution in [3.05, 3.63) is 52.0 Å². The van der Waals surface area contributed by atoms with Gasteiger partial charge in [0, 0.05) is 29.0 Å². The second-order valence-corrected chi connectivity index (χ2v) is 5.76. The molecule has 2 N–H and O–H groups in total. The molecule has 1 unspecified atom stereocenters. The molecule has 0 saturated heterocycles. The molecule has 0 aliphatic rings. The monoisotopic (exact) mass is 261 g/mol. The molecule has 0 aliphatic carbocycles. The lowest BCUT2D eigenvalue weighted by atomic mass is 10.2. The minimum atomic E-state index is 0.269. The van der Waals surface area contributed by atoms with Crippen molar-refractivity contribution >= 4 is 11.3 Å². The first kappa shape index (κ1) is 13.2. The van der Waals surface area contributed by atoms with E-state index in [1.54, 1.807) is 0 Å². The molecule has 2 rings (SSSR count). The van der Waals surface area contributed by atoms with E-state index in [4.69, 9.17) is 5.73 Å². The topological polar surface area (TPSA) is 42.1 Å². The highest BCUT2D eigenvalue weighted by atomic mass is 32.1. The summed E-state index contributed by atoms with van der Waals surface area (Å²) in [6.07, 6.45) is 1.83. The Labute approximate surface area is 112 Å². The number of aromatic nitrogens is 1. The lowest BCUT2D eigenvalue weighted by Gasteiger charge is -2.25. The molecular weight excluding hydrogens is 242 g/mol. The molecule has 0 amide bonds. The van der Waals surface area contributed by atoms with Gasteiger partial charge in [-0.05, 0) is 38.2 Å². The third-order valence-corrected chi connectivity index (χ3v) is 4.08. The Bertz CT molecular complexity index is 481. The van der Waals surface area contributed by atoms with Crippen LogP contribution in [0, 0.1) is 6.92 Å². The summed E-state index contributed by atoms with van der Waals surface area (Å²) in [6, 6.07) is 10.6. The van der Waals surface area contributed by atoms with E-state index < -0.39 is 0 Å². The lowest BCUT2D eigenvalue weighted by molar-refractivity contribution is 0.242. The maximum atomic E-state index is 5.91. The van der Waals surface area contributed by atoms with Gasteiger partial charge >= 0.3 is 0 Å². The van der Waals surface area contributed by atoms with Gasteiger partial charge in [0.25, 0.3) is 0 Å². The van der Waals surface area contributed by atoms with Gasteiger partial charge in [0.15, 0.2) is 0 Å². The Kier molecular flexibility index (Phi) is 4.47. The minimum absolute atomic E-state index is 0.269. The van der Waals surface area contributed by atoms with Gasteiger partial charge in [-0.1, -0.05) is 6.07 Å². The van der Waals surface area contributed by atoms with Crippen molar-refractivity contribution in [3.63, 3.8) is 0 Å². The maximum Gasteiger partial charge on any atom is 0.0565 e. The summed E-state index contributed by atoms with van der Waals surface area (Å²) >= 11 is 1.82. The highest BCUT2D eigenvalue weighted by molar-refractivity contribution is 7.12. The summed E-state index contributed by atoms with van der Waals surface area (Å²) in [6.45, 7) is 3.57. The fourth-order valence-electron chi connectivity index (χ4n) is 2.00. The normalized spacial score (nSPS) is 12.9. The zero-order chi connectivity index (χ0) is 13.0. The van der Waals surface area contributed by atoms with Crippen LogP contribution in [0.2, 0.25) is 0 Å². The van der Waals surface area contributed by atoms with E-state index in [0.717, 1.165) is 12.2 Å². The average molecular weight is 261 g/mol. The largest absolute Gasteiger partial charge is 0.329 e. The molecule has 0 radical (unpaired) electrons. The van der Waals surface area contributed by atoms with E-state index in [9.17, 15) is 0 Å². The van der Waals surface area contributed by atoms with Crippen LogP contribution in [0.25, 0.3) is 0 Å². The molecule has 3 nitrogen and oxygen atoms in total. The number of aryl methyl sites for hydroxylation is 1. The Morgan fingerprint density at radius 1 is 1.33 bits per heavy atom. The first-order valence-electron chi connectivity index (χ1n) is 6.07. The van der Waals surface area contributed by atoms with Gasteiger partial charge in [0.2, 0.25) is 0 Å². The predicted octanol–water partition coefficient (Wildman–Crippen LogP) is 2.58. The first-order chi connectivity index (χ1) is 8.70. The molecule has 0 saturated carbocycles. The predicted molar refractivity (Wildman–Crippen MR) is 76.6 cm³/mol. The highest BCUT2D eigenvalue weighted by Crippen LogP contribution is 2.26. The van der Waals surface area contributed by atoms with Gasteiger partial charge in [-0.15, -0.1) is 11.3 Å². The lowest BCUT2D eigenvalue weighted by Crippen LogP contribution is -2.29. The van der Waals surface area contributed by atoms with Crippen molar-refractivity contribution in [3.8, 4) is 0 Å². The third-order valence-electron chi connectivity index (χ3n) is 2.98. The number of thiophene rings is 1. The van der Waals surface area contributed by atoms with Crippen LogP contribution in [-0.4, -0.2) is 23.5 Å². The average Bonchev–Trinajstić information content (AvgIpc) is 2.78. The standard InChI is InChI=1S/C14H19N3S/c1-11-6-7-14(18-11)13(9-15)17(2)10-12-5-3-4-8-16-12/h3-8,13H,9-10,15H2,1-2H3. The summed E-state index contributed by atoms with van der Waals surface area (Å²) in [4.78, 5) is 9.27. The molecule has 0 aliphatic heterocycles. The van der Waals surface area contributed by atoms with Crippen LogP contribution in [0.5, 0.6) is 0 Å². The number of pyridine rings is 1. The van der Waals surface area contributed by atoms with E-state index in [1.165, 1.54) is 9.75 Å². The molecular formula is C14H19N3S. The Morgan fingerprint density at radius 3 is 2.72 bits per heavy atom. The Morgan fingerprint density at radius 2 is 2.17 bits per heavy atom. The zero-order valence-corrected chi connectivity index (χ0v) is 11.7.